The Kier molecular flexibility index (Phi) is 4.73. The quantitative estimate of drug-likeness (QED) is 0.419. The number of nitro groups is 1. The van der Waals surface area contributed by atoms with Crippen molar-refractivity contribution in [1.29, 1.82) is 0 Å². The van der Waals surface area contributed by atoms with E-state index >= 15 is 0 Å². The molecule has 0 aliphatic heterocycles. The standard InChI is InChI=1S/C12H6BrIN2O5/c13-7-4-15-5-9(16(19)20)11(7)21-10-3-6(12(17)18)1-2-8(10)14/h1-5H,(H,17,18). The molecular formula is C12H6BrIN2O5. The second-order valence-corrected chi connectivity index (χ2v) is 5.80. The van der Waals surface area contributed by atoms with Crippen molar-refractivity contribution in [1.82, 2.24) is 4.98 Å². The third-order valence-electron chi connectivity index (χ3n) is 2.42. The maximum absolute atomic E-state index is 11.0. The van der Waals surface area contributed by atoms with Crippen LogP contribution in [0.15, 0.2) is 35.1 Å². The van der Waals surface area contributed by atoms with E-state index in [1.54, 1.807) is 6.07 Å². The van der Waals surface area contributed by atoms with Gasteiger partial charge in [0, 0.05) is 6.20 Å². The van der Waals surface area contributed by atoms with E-state index < -0.39 is 10.9 Å². The highest BCUT2D eigenvalue weighted by Gasteiger charge is 2.21. The summed E-state index contributed by atoms with van der Waals surface area (Å²) in [6.07, 6.45) is 2.42. The summed E-state index contributed by atoms with van der Waals surface area (Å²) >= 11 is 5.08. The van der Waals surface area contributed by atoms with Crippen molar-refractivity contribution >= 4 is 50.2 Å². The Hall–Kier alpha value is -1.75. The minimum atomic E-state index is -1.11. The van der Waals surface area contributed by atoms with Gasteiger partial charge in [-0.25, -0.2) is 4.79 Å². The normalized spacial score (nSPS) is 10.2. The highest BCUT2D eigenvalue weighted by molar-refractivity contribution is 14.1. The second-order valence-electron chi connectivity index (χ2n) is 3.78. The van der Waals surface area contributed by atoms with E-state index in [1.165, 1.54) is 18.3 Å². The smallest absolute Gasteiger partial charge is 0.335 e. The van der Waals surface area contributed by atoms with Crippen LogP contribution in [0.4, 0.5) is 5.69 Å². The molecule has 1 heterocycles. The van der Waals surface area contributed by atoms with E-state index in [0.717, 1.165) is 6.20 Å². The first kappa shape index (κ1) is 15.6. The third kappa shape index (κ3) is 3.47. The van der Waals surface area contributed by atoms with Crippen LogP contribution in [0.2, 0.25) is 0 Å². The zero-order valence-electron chi connectivity index (χ0n) is 10.1. The van der Waals surface area contributed by atoms with Crippen molar-refractivity contribution < 1.29 is 19.6 Å². The molecule has 108 valence electrons. The second kappa shape index (κ2) is 6.35. The molecule has 0 saturated heterocycles. The predicted octanol–water partition coefficient (Wildman–Crippen LogP) is 3.85. The lowest BCUT2D eigenvalue weighted by molar-refractivity contribution is -0.386. The summed E-state index contributed by atoms with van der Waals surface area (Å²) in [7, 11) is 0. The van der Waals surface area contributed by atoms with Gasteiger partial charge in [-0.1, -0.05) is 0 Å². The molecule has 21 heavy (non-hydrogen) atoms. The molecule has 0 bridgehead atoms. The fourth-order valence-electron chi connectivity index (χ4n) is 1.47. The van der Waals surface area contributed by atoms with Crippen LogP contribution in [0.25, 0.3) is 0 Å². The molecule has 0 aliphatic rings. The molecule has 9 heteroatoms. The molecule has 1 aromatic heterocycles. The molecule has 0 radical (unpaired) electrons. The largest absolute Gasteiger partial charge is 0.478 e. The Bertz CT molecular complexity index is 738. The summed E-state index contributed by atoms with van der Waals surface area (Å²) in [6, 6.07) is 4.29. The van der Waals surface area contributed by atoms with Gasteiger partial charge in [-0.05, 0) is 56.7 Å². The van der Waals surface area contributed by atoms with Gasteiger partial charge in [0.1, 0.15) is 11.9 Å². The number of halogens is 2. The number of aromatic carboxylic acids is 1. The van der Waals surface area contributed by atoms with Gasteiger partial charge in [0.15, 0.2) is 0 Å². The number of hydrogen-bond acceptors (Lipinski definition) is 5. The van der Waals surface area contributed by atoms with Crippen molar-refractivity contribution in [3.8, 4) is 11.5 Å². The van der Waals surface area contributed by atoms with Crippen molar-refractivity contribution in [3.63, 3.8) is 0 Å². The molecule has 2 rings (SSSR count). The predicted molar refractivity (Wildman–Crippen MR) is 84.8 cm³/mol. The lowest BCUT2D eigenvalue weighted by Crippen LogP contribution is -2.00. The van der Waals surface area contributed by atoms with Crippen LogP contribution in [-0.2, 0) is 0 Å². The SMILES string of the molecule is O=C(O)c1ccc(I)c(Oc2c(Br)cncc2[N+](=O)[O-])c1. The molecule has 2 aromatic rings. The van der Waals surface area contributed by atoms with E-state index in [1.807, 2.05) is 22.6 Å². The Balaban J connectivity index is 2.50. The summed E-state index contributed by atoms with van der Waals surface area (Å²) in [4.78, 5) is 25.1. The van der Waals surface area contributed by atoms with Gasteiger partial charge in [0.25, 0.3) is 0 Å². The number of ether oxygens (including phenoxy) is 1. The van der Waals surface area contributed by atoms with Gasteiger partial charge in [0.05, 0.1) is 18.5 Å². The monoisotopic (exact) mass is 464 g/mol. The van der Waals surface area contributed by atoms with Crippen LogP contribution in [0.5, 0.6) is 11.5 Å². The Labute approximate surface area is 140 Å². The third-order valence-corrected chi connectivity index (χ3v) is 3.88. The van der Waals surface area contributed by atoms with Crippen LogP contribution < -0.4 is 4.74 Å². The van der Waals surface area contributed by atoms with Gasteiger partial charge in [-0.3, -0.25) is 15.1 Å². The number of carbonyl (C=O) groups is 1. The van der Waals surface area contributed by atoms with E-state index in [-0.39, 0.29) is 22.7 Å². The number of pyridine rings is 1. The van der Waals surface area contributed by atoms with E-state index in [2.05, 4.69) is 20.9 Å². The van der Waals surface area contributed by atoms with Gasteiger partial charge in [-0.15, -0.1) is 0 Å². The first-order valence-corrected chi connectivity index (χ1v) is 7.26. The van der Waals surface area contributed by atoms with E-state index in [4.69, 9.17) is 9.84 Å². The van der Waals surface area contributed by atoms with Crippen LogP contribution >= 0.6 is 38.5 Å². The molecule has 1 aromatic carbocycles. The average Bonchev–Trinajstić information content (AvgIpc) is 2.42. The van der Waals surface area contributed by atoms with Crippen molar-refractivity contribution in [2.75, 3.05) is 0 Å². The number of aromatic nitrogens is 1. The number of carboxylic acids is 1. The van der Waals surface area contributed by atoms with Gasteiger partial charge >= 0.3 is 11.7 Å². The summed E-state index contributed by atoms with van der Waals surface area (Å²) in [5, 5.41) is 20.0. The van der Waals surface area contributed by atoms with Crippen LogP contribution in [-0.4, -0.2) is 21.0 Å². The van der Waals surface area contributed by atoms with Gasteiger partial charge in [0.2, 0.25) is 5.75 Å². The van der Waals surface area contributed by atoms with E-state index in [0.29, 0.717) is 8.04 Å². The first-order valence-electron chi connectivity index (χ1n) is 5.38. The molecule has 0 spiro atoms. The number of nitrogens with zero attached hydrogens (tertiary/aromatic N) is 2. The lowest BCUT2D eigenvalue weighted by Gasteiger charge is -2.10. The van der Waals surface area contributed by atoms with Crippen LogP contribution in [0, 0.1) is 13.7 Å². The molecule has 0 unspecified atom stereocenters. The van der Waals surface area contributed by atoms with Crippen molar-refractivity contribution in [2.45, 2.75) is 0 Å². The van der Waals surface area contributed by atoms with Crippen LogP contribution in [0.1, 0.15) is 10.4 Å². The molecule has 0 saturated carbocycles. The summed E-state index contributed by atoms with van der Waals surface area (Å²) < 4.78 is 6.44. The molecule has 0 fully saturated rings. The molecule has 0 atom stereocenters. The minimum Gasteiger partial charge on any atom is -0.478 e. The minimum absolute atomic E-state index is 0.0262. The Morgan fingerprint density at radius 3 is 2.76 bits per heavy atom. The zero-order valence-corrected chi connectivity index (χ0v) is 13.9. The van der Waals surface area contributed by atoms with Gasteiger partial charge in [-0.2, -0.15) is 0 Å². The van der Waals surface area contributed by atoms with Crippen molar-refractivity contribution in [2.24, 2.45) is 0 Å². The maximum atomic E-state index is 11.0. The number of rotatable bonds is 4. The topological polar surface area (TPSA) is 103 Å². The maximum Gasteiger partial charge on any atom is 0.335 e. The fourth-order valence-corrected chi connectivity index (χ4v) is 2.32. The van der Waals surface area contributed by atoms with Gasteiger partial charge < -0.3 is 9.84 Å². The highest BCUT2D eigenvalue weighted by Crippen LogP contribution is 2.38. The molecular weight excluding hydrogens is 459 g/mol. The summed E-state index contributed by atoms with van der Waals surface area (Å²) in [5.74, 6) is -0.930. The first-order chi connectivity index (χ1) is 9.90. The van der Waals surface area contributed by atoms with Crippen molar-refractivity contribution in [3.05, 3.63) is 54.3 Å². The summed E-state index contributed by atoms with van der Waals surface area (Å²) in [5.41, 5.74) is -0.292. The van der Waals surface area contributed by atoms with Crippen LogP contribution in [0.3, 0.4) is 0 Å². The molecule has 1 N–H and O–H groups in total. The fraction of sp³-hybridized carbons (Fsp3) is 0. The molecule has 0 aliphatic carbocycles. The Morgan fingerprint density at radius 1 is 1.43 bits per heavy atom. The lowest BCUT2D eigenvalue weighted by atomic mass is 10.2. The highest BCUT2D eigenvalue weighted by atomic mass is 127. The van der Waals surface area contributed by atoms with E-state index in [9.17, 15) is 14.9 Å². The molecule has 0 amide bonds. The summed E-state index contributed by atoms with van der Waals surface area (Å²) in [6.45, 7) is 0. The zero-order chi connectivity index (χ0) is 15.6. The molecule has 7 nitrogen and oxygen atoms in total. The number of benzene rings is 1. The number of carboxylic acid groups (broad SMARTS) is 1. The average molecular weight is 465 g/mol. The Morgan fingerprint density at radius 2 is 2.14 bits per heavy atom. The number of hydrogen-bond donors (Lipinski definition) is 1.